The number of oxazole rings is 1. The summed E-state index contributed by atoms with van der Waals surface area (Å²) in [7, 11) is 0. The molecule has 0 spiro atoms. The number of benzene rings is 1. The molecule has 0 aliphatic carbocycles. The van der Waals surface area contributed by atoms with E-state index in [-0.39, 0.29) is 17.8 Å². The van der Waals surface area contributed by atoms with Crippen molar-refractivity contribution in [3.8, 4) is 0 Å². The monoisotopic (exact) mass is 371 g/mol. The normalized spacial score (nSPS) is 16.0. The number of aliphatic hydroxyl groups excluding tert-OH is 1. The van der Waals surface area contributed by atoms with Crippen LogP contribution in [0.4, 0.5) is 5.69 Å². The first kappa shape index (κ1) is 19.6. The minimum Gasteiger partial charge on any atom is -0.435 e. The summed E-state index contributed by atoms with van der Waals surface area (Å²) < 4.78 is 5.70. The first-order chi connectivity index (χ1) is 12.9. The van der Waals surface area contributed by atoms with E-state index < -0.39 is 0 Å². The molecule has 2 heterocycles. The first-order valence-electron chi connectivity index (χ1n) is 9.68. The van der Waals surface area contributed by atoms with Crippen molar-refractivity contribution in [2.24, 2.45) is 5.92 Å². The number of aromatic nitrogens is 1. The van der Waals surface area contributed by atoms with Crippen molar-refractivity contribution in [2.75, 3.05) is 18.4 Å². The Morgan fingerprint density at radius 3 is 2.74 bits per heavy atom. The van der Waals surface area contributed by atoms with Crippen molar-refractivity contribution in [3.05, 3.63) is 47.2 Å². The molecule has 1 aromatic heterocycles. The fourth-order valence-electron chi connectivity index (χ4n) is 3.38. The fourth-order valence-corrected chi connectivity index (χ4v) is 3.38. The third kappa shape index (κ3) is 5.17. The molecule has 1 amide bonds. The van der Waals surface area contributed by atoms with Gasteiger partial charge in [0.2, 0.25) is 5.76 Å². The van der Waals surface area contributed by atoms with Crippen LogP contribution in [0.1, 0.15) is 54.4 Å². The number of carbonyl (C=O) groups excluding carboxylic acids is 1. The molecule has 0 atom stereocenters. The van der Waals surface area contributed by atoms with E-state index in [1.807, 2.05) is 24.3 Å². The number of piperidine rings is 1. The van der Waals surface area contributed by atoms with Crippen LogP contribution in [0.15, 0.2) is 28.7 Å². The summed E-state index contributed by atoms with van der Waals surface area (Å²) in [6.07, 6.45) is 2.12. The second-order valence-electron chi connectivity index (χ2n) is 7.74. The number of carbonyl (C=O) groups is 1. The zero-order valence-electron chi connectivity index (χ0n) is 16.4. The van der Waals surface area contributed by atoms with E-state index in [1.165, 1.54) is 0 Å². The number of likely N-dealkylation sites (tertiary alicyclic amines) is 1. The number of hydrogen-bond acceptors (Lipinski definition) is 5. The van der Waals surface area contributed by atoms with Gasteiger partial charge in [0.25, 0.3) is 5.91 Å². The van der Waals surface area contributed by atoms with Gasteiger partial charge < -0.3 is 14.8 Å². The third-order valence-corrected chi connectivity index (χ3v) is 4.85. The topological polar surface area (TPSA) is 78.6 Å². The summed E-state index contributed by atoms with van der Waals surface area (Å²) in [5.74, 6) is 1.04. The fraction of sp³-hybridized carbons (Fsp3) is 0.524. The molecule has 1 fully saturated rings. The number of aliphatic hydroxyl groups is 1. The number of aryl methyl sites for hydroxylation is 1. The van der Waals surface area contributed by atoms with Gasteiger partial charge in [-0.25, -0.2) is 4.98 Å². The van der Waals surface area contributed by atoms with Gasteiger partial charge in [0.1, 0.15) is 0 Å². The molecular weight excluding hydrogens is 342 g/mol. The second-order valence-corrected chi connectivity index (χ2v) is 7.74. The molecule has 27 heavy (non-hydrogen) atoms. The van der Waals surface area contributed by atoms with E-state index >= 15 is 0 Å². The molecule has 2 N–H and O–H groups in total. The van der Waals surface area contributed by atoms with Gasteiger partial charge in [-0.2, -0.15) is 0 Å². The largest absolute Gasteiger partial charge is 0.435 e. The van der Waals surface area contributed by atoms with Gasteiger partial charge >= 0.3 is 0 Å². The number of hydrogen-bond donors (Lipinski definition) is 2. The van der Waals surface area contributed by atoms with Crippen molar-refractivity contribution in [3.63, 3.8) is 0 Å². The number of anilines is 1. The third-order valence-electron chi connectivity index (χ3n) is 4.85. The molecular formula is C21H29N3O3. The lowest BCUT2D eigenvalue weighted by atomic mass is 10.1. The molecule has 0 saturated carbocycles. The summed E-state index contributed by atoms with van der Waals surface area (Å²) in [6, 6.07) is 7.82. The molecule has 2 aromatic rings. The van der Waals surface area contributed by atoms with Gasteiger partial charge in [-0.15, -0.1) is 0 Å². The molecule has 0 unspecified atom stereocenters. The SMILES string of the molecule is Cc1nc(CC(C)C)oc1C(=O)Nc1ccccc1CN1CCC(O)CC1. The van der Waals surface area contributed by atoms with Crippen molar-refractivity contribution >= 4 is 11.6 Å². The zero-order valence-corrected chi connectivity index (χ0v) is 16.4. The van der Waals surface area contributed by atoms with Crippen LogP contribution in [0.25, 0.3) is 0 Å². The maximum atomic E-state index is 12.7. The Morgan fingerprint density at radius 2 is 2.04 bits per heavy atom. The van der Waals surface area contributed by atoms with E-state index in [4.69, 9.17) is 4.42 Å². The summed E-state index contributed by atoms with van der Waals surface area (Å²) >= 11 is 0. The molecule has 1 aromatic carbocycles. The Labute approximate surface area is 160 Å². The lowest BCUT2D eigenvalue weighted by molar-refractivity contribution is 0.0793. The summed E-state index contributed by atoms with van der Waals surface area (Å²) in [6.45, 7) is 8.46. The lowest BCUT2D eigenvalue weighted by Gasteiger charge is -2.30. The quantitative estimate of drug-likeness (QED) is 0.814. The minimum atomic E-state index is -0.267. The van der Waals surface area contributed by atoms with Gasteiger partial charge in [-0.05, 0) is 37.3 Å². The second kappa shape index (κ2) is 8.67. The number of para-hydroxylation sites is 1. The van der Waals surface area contributed by atoms with Crippen molar-refractivity contribution in [2.45, 2.75) is 52.7 Å². The average Bonchev–Trinajstić information content (AvgIpc) is 2.98. The van der Waals surface area contributed by atoms with Gasteiger partial charge in [0.05, 0.1) is 11.8 Å². The van der Waals surface area contributed by atoms with E-state index in [2.05, 4.69) is 29.0 Å². The van der Waals surface area contributed by atoms with Crippen molar-refractivity contribution in [1.82, 2.24) is 9.88 Å². The number of amides is 1. The molecule has 1 saturated heterocycles. The molecule has 146 valence electrons. The van der Waals surface area contributed by atoms with Gasteiger partial charge in [0, 0.05) is 31.7 Å². The summed E-state index contributed by atoms with van der Waals surface area (Å²) in [5.41, 5.74) is 2.46. The van der Waals surface area contributed by atoms with Crippen LogP contribution in [-0.4, -0.2) is 40.1 Å². The Balaban J connectivity index is 1.70. The van der Waals surface area contributed by atoms with Crippen LogP contribution in [0.3, 0.4) is 0 Å². The van der Waals surface area contributed by atoms with Crippen LogP contribution in [0.2, 0.25) is 0 Å². The summed E-state index contributed by atoms with van der Waals surface area (Å²) in [4.78, 5) is 19.4. The van der Waals surface area contributed by atoms with Crippen LogP contribution in [0, 0.1) is 12.8 Å². The molecule has 0 radical (unpaired) electrons. The smallest absolute Gasteiger partial charge is 0.293 e. The molecule has 6 heteroatoms. The molecule has 1 aliphatic heterocycles. The van der Waals surface area contributed by atoms with Gasteiger partial charge in [0.15, 0.2) is 5.89 Å². The number of nitrogens with one attached hydrogen (secondary N) is 1. The lowest BCUT2D eigenvalue weighted by Crippen LogP contribution is -2.35. The summed E-state index contributed by atoms with van der Waals surface area (Å²) in [5, 5.41) is 12.7. The standard InChI is InChI=1S/C21H29N3O3/c1-14(2)12-19-22-15(3)20(27-19)21(26)23-18-7-5-4-6-16(18)13-24-10-8-17(25)9-11-24/h4-7,14,17,25H,8-13H2,1-3H3,(H,23,26). The molecule has 6 nitrogen and oxygen atoms in total. The first-order valence-corrected chi connectivity index (χ1v) is 9.68. The predicted molar refractivity (Wildman–Crippen MR) is 105 cm³/mol. The maximum Gasteiger partial charge on any atom is 0.293 e. The zero-order chi connectivity index (χ0) is 19.4. The van der Waals surface area contributed by atoms with Crippen molar-refractivity contribution < 1.29 is 14.3 Å². The van der Waals surface area contributed by atoms with Gasteiger partial charge in [-0.3, -0.25) is 9.69 Å². The van der Waals surface area contributed by atoms with Crippen LogP contribution in [-0.2, 0) is 13.0 Å². The van der Waals surface area contributed by atoms with Crippen LogP contribution in [0.5, 0.6) is 0 Å². The maximum absolute atomic E-state index is 12.7. The van der Waals surface area contributed by atoms with Gasteiger partial charge in [-0.1, -0.05) is 32.0 Å². The predicted octanol–water partition coefficient (Wildman–Crippen LogP) is 3.39. The van der Waals surface area contributed by atoms with E-state index in [1.54, 1.807) is 6.92 Å². The molecule has 0 bridgehead atoms. The number of rotatable bonds is 6. The highest BCUT2D eigenvalue weighted by Crippen LogP contribution is 2.22. The number of nitrogens with zero attached hydrogens (tertiary/aromatic N) is 2. The van der Waals surface area contributed by atoms with Crippen LogP contribution >= 0.6 is 0 Å². The van der Waals surface area contributed by atoms with Crippen LogP contribution < -0.4 is 5.32 Å². The highest BCUT2D eigenvalue weighted by atomic mass is 16.4. The average molecular weight is 371 g/mol. The van der Waals surface area contributed by atoms with Crippen molar-refractivity contribution in [1.29, 1.82) is 0 Å². The Kier molecular flexibility index (Phi) is 6.29. The highest BCUT2D eigenvalue weighted by Gasteiger charge is 2.21. The Hall–Kier alpha value is -2.18. The molecule has 3 rings (SSSR count). The highest BCUT2D eigenvalue weighted by molar-refractivity contribution is 6.03. The van der Waals surface area contributed by atoms with E-state index in [0.29, 0.717) is 23.9 Å². The Morgan fingerprint density at radius 1 is 1.33 bits per heavy atom. The molecule has 1 aliphatic rings. The minimum absolute atomic E-state index is 0.189. The van der Waals surface area contributed by atoms with E-state index in [9.17, 15) is 9.90 Å². The van der Waals surface area contributed by atoms with E-state index in [0.717, 1.165) is 43.7 Å². The Bertz CT molecular complexity index is 777.